The minimum Gasteiger partial charge on any atom is -0.243 e. The molecule has 0 spiro atoms. The summed E-state index contributed by atoms with van der Waals surface area (Å²) in [5.74, 6) is -4.10. The van der Waals surface area contributed by atoms with Gasteiger partial charge in [-0.2, -0.15) is 39.5 Å². The highest BCUT2D eigenvalue weighted by Gasteiger charge is 2.93. The maximum Gasteiger partial charge on any atom is 0.426 e. The third-order valence-corrected chi connectivity index (χ3v) is 3.40. The lowest BCUT2D eigenvalue weighted by atomic mass is 9.49. The Morgan fingerprint density at radius 1 is 0.789 bits per heavy atom. The smallest absolute Gasteiger partial charge is 0.243 e. The summed E-state index contributed by atoms with van der Waals surface area (Å²) >= 11 is 0. The molecular formula is C8H5F11. The van der Waals surface area contributed by atoms with Crippen LogP contribution in [0.2, 0.25) is 0 Å². The molecule has 0 nitrogen and oxygen atoms in total. The van der Waals surface area contributed by atoms with E-state index in [1.165, 1.54) is 0 Å². The molecule has 1 aliphatic rings. The minimum absolute atomic E-state index is 0.616. The molecule has 1 fully saturated rings. The lowest BCUT2D eigenvalue weighted by Crippen LogP contribution is -2.81. The van der Waals surface area contributed by atoms with Gasteiger partial charge in [-0.05, 0) is 6.92 Å². The molecule has 0 aromatic carbocycles. The van der Waals surface area contributed by atoms with E-state index in [1.54, 1.807) is 0 Å². The highest BCUT2D eigenvalue weighted by molar-refractivity contribution is 5.25. The summed E-state index contributed by atoms with van der Waals surface area (Å²) < 4.78 is 137. The standard InChI is InChI=1S/C8H5F11/c1-4(7(14,15)16)2(6(11,12)13)3(9)5(4,10)8(17,18)19/h2-3H,1H3. The summed E-state index contributed by atoms with van der Waals surface area (Å²) in [6.45, 7) is -0.616. The van der Waals surface area contributed by atoms with Gasteiger partial charge in [-0.25, -0.2) is 8.78 Å². The van der Waals surface area contributed by atoms with E-state index >= 15 is 0 Å². The lowest BCUT2D eigenvalue weighted by Gasteiger charge is -2.60. The fourth-order valence-electron chi connectivity index (χ4n) is 2.27. The first-order chi connectivity index (χ1) is 8.03. The van der Waals surface area contributed by atoms with Crippen molar-refractivity contribution in [3.8, 4) is 0 Å². The summed E-state index contributed by atoms with van der Waals surface area (Å²) in [7, 11) is 0. The van der Waals surface area contributed by atoms with Crippen LogP contribution in [0.5, 0.6) is 0 Å². The predicted molar refractivity (Wildman–Crippen MR) is 38.5 cm³/mol. The average Bonchev–Trinajstić information content (AvgIpc) is 2.10. The summed E-state index contributed by atoms with van der Waals surface area (Å²) in [6, 6.07) is 0. The van der Waals surface area contributed by atoms with Crippen molar-refractivity contribution >= 4 is 0 Å². The Labute approximate surface area is 98.1 Å². The van der Waals surface area contributed by atoms with Gasteiger partial charge in [0.15, 0.2) is 6.17 Å². The van der Waals surface area contributed by atoms with Crippen LogP contribution in [0.25, 0.3) is 0 Å². The van der Waals surface area contributed by atoms with E-state index in [0.29, 0.717) is 0 Å². The van der Waals surface area contributed by atoms with Crippen molar-refractivity contribution in [3.63, 3.8) is 0 Å². The predicted octanol–water partition coefficient (Wildman–Crippen LogP) is 4.36. The molecule has 4 atom stereocenters. The molecule has 1 saturated carbocycles. The van der Waals surface area contributed by atoms with Gasteiger partial charge in [-0.3, -0.25) is 0 Å². The SMILES string of the molecule is CC1(C(F)(F)F)C(C(F)(F)F)C(F)C1(F)C(F)(F)F. The van der Waals surface area contributed by atoms with Crippen molar-refractivity contribution in [1.82, 2.24) is 0 Å². The quantitative estimate of drug-likeness (QED) is 0.583. The maximum absolute atomic E-state index is 13.4. The molecule has 0 radical (unpaired) electrons. The summed E-state index contributed by atoms with van der Waals surface area (Å²) in [4.78, 5) is 0. The Balaban J connectivity index is 3.48. The second-order valence-electron chi connectivity index (χ2n) is 4.33. The first kappa shape index (κ1) is 16.3. The number of hydrogen-bond donors (Lipinski definition) is 0. The highest BCUT2D eigenvalue weighted by Crippen LogP contribution is 2.73. The molecule has 114 valence electrons. The van der Waals surface area contributed by atoms with Crippen LogP contribution in [0, 0.1) is 11.3 Å². The van der Waals surface area contributed by atoms with Gasteiger partial charge in [-0.15, -0.1) is 0 Å². The van der Waals surface area contributed by atoms with E-state index in [0.717, 1.165) is 0 Å². The summed E-state index contributed by atoms with van der Waals surface area (Å²) in [5.41, 5.74) is -10.5. The van der Waals surface area contributed by atoms with Crippen LogP contribution >= 0.6 is 0 Å². The maximum atomic E-state index is 13.4. The Bertz CT molecular complexity index is 362. The molecule has 1 aliphatic carbocycles. The van der Waals surface area contributed by atoms with Crippen LogP contribution in [0.15, 0.2) is 0 Å². The van der Waals surface area contributed by atoms with Crippen molar-refractivity contribution < 1.29 is 48.3 Å². The number of alkyl halides is 11. The van der Waals surface area contributed by atoms with Gasteiger partial charge >= 0.3 is 18.5 Å². The van der Waals surface area contributed by atoms with E-state index in [1.807, 2.05) is 0 Å². The summed E-state index contributed by atoms with van der Waals surface area (Å²) in [6.07, 6.45) is -23.0. The first-order valence-electron chi connectivity index (χ1n) is 4.56. The zero-order valence-electron chi connectivity index (χ0n) is 8.81. The second kappa shape index (κ2) is 3.66. The van der Waals surface area contributed by atoms with Crippen molar-refractivity contribution in [3.05, 3.63) is 0 Å². The van der Waals surface area contributed by atoms with E-state index in [4.69, 9.17) is 0 Å². The molecule has 0 amide bonds. The van der Waals surface area contributed by atoms with E-state index < -0.39 is 48.6 Å². The van der Waals surface area contributed by atoms with Crippen LogP contribution in [0.4, 0.5) is 48.3 Å². The highest BCUT2D eigenvalue weighted by atomic mass is 19.4. The topological polar surface area (TPSA) is 0 Å². The molecule has 1 rings (SSSR count). The first-order valence-corrected chi connectivity index (χ1v) is 4.56. The van der Waals surface area contributed by atoms with Crippen molar-refractivity contribution in [2.45, 2.75) is 37.3 Å². The van der Waals surface area contributed by atoms with Crippen LogP contribution in [-0.2, 0) is 0 Å². The second-order valence-corrected chi connectivity index (χ2v) is 4.33. The zero-order chi connectivity index (χ0) is 15.7. The molecule has 19 heavy (non-hydrogen) atoms. The Morgan fingerprint density at radius 3 is 1.37 bits per heavy atom. The van der Waals surface area contributed by atoms with Gasteiger partial charge in [0.05, 0.1) is 0 Å². The Hall–Kier alpha value is -0.770. The molecule has 0 aromatic heterocycles. The number of hydrogen-bond acceptors (Lipinski definition) is 0. The van der Waals surface area contributed by atoms with Crippen LogP contribution < -0.4 is 0 Å². The molecule has 0 aromatic rings. The average molecular weight is 310 g/mol. The van der Waals surface area contributed by atoms with E-state index in [-0.39, 0.29) is 0 Å². The molecule has 0 bridgehead atoms. The minimum atomic E-state index is -6.42. The van der Waals surface area contributed by atoms with Crippen molar-refractivity contribution in [1.29, 1.82) is 0 Å². The third-order valence-electron chi connectivity index (χ3n) is 3.40. The Kier molecular flexibility index (Phi) is 3.13. The molecule has 0 saturated heterocycles. The van der Waals surface area contributed by atoms with E-state index in [2.05, 4.69) is 0 Å². The van der Waals surface area contributed by atoms with Gasteiger partial charge in [0, 0.05) is 0 Å². The number of rotatable bonds is 0. The molecule has 4 unspecified atom stereocenters. The fraction of sp³-hybridized carbons (Fsp3) is 1.00. The number of halogens is 11. The zero-order valence-corrected chi connectivity index (χ0v) is 8.81. The van der Waals surface area contributed by atoms with Gasteiger partial charge < -0.3 is 0 Å². The molecule has 0 aliphatic heterocycles. The molecule has 0 heterocycles. The van der Waals surface area contributed by atoms with Gasteiger partial charge in [-0.1, -0.05) is 0 Å². The van der Waals surface area contributed by atoms with Crippen LogP contribution in [0.1, 0.15) is 6.92 Å². The molecular weight excluding hydrogens is 305 g/mol. The van der Waals surface area contributed by atoms with E-state index in [9.17, 15) is 48.3 Å². The molecule has 11 heteroatoms. The van der Waals surface area contributed by atoms with Crippen LogP contribution in [-0.4, -0.2) is 30.4 Å². The van der Waals surface area contributed by atoms with Gasteiger partial charge in [0.1, 0.15) is 11.3 Å². The third kappa shape index (κ3) is 1.72. The van der Waals surface area contributed by atoms with Gasteiger partial charge in [0.25, 0.3) is 5.67 Å². The normalized spacial score (nSPS) is 41.1. The molecule has 0 N–H and O–H groups in total. The van der Waals surface area contributed by atoms with Crippen molar-refractivity contribution in [2.75, 3.05) is 0 Å². The lowest BCUT2D eigenvalue weighted by molar-refractivity contribution is -0.455. The van der Waals surface area contributed by atoms with Gasteiger partial charge in [0.2, 0.25) is 0 Å². The summed E-state index contributed by atoms with van der Waals surface area (Å²) in [5, 5.41) is 0. The van der Waals surface area contributed by atoms with Crippen LogP contribution in [0.3, 0.4) is 0 Å². The largest absolute Gasteiger partial charge is 0.426 e. The Morgan fingerprint density at radius 2 is 1.16 bits per heavy atom. The van der Waals surface area contributed by atoms with Crippen molar-refractivity contribution in [2.24, 2.45) is 11.3 Å². The monoisotopic (exact) mass is 310 g/mol. The fourth-order valence-corrected chi connectivity index (χ4v) is 2.27.